The molecule has 3 heteroatoms. The van der Waals surface area contributed by atoms with Crippen molar-refractivity contribution in [1.82, 2.24) is 4.98 Å². The van der Waals surface area contributed by atoms with Crippen LogP contribution in [0.3, 0.4) is 0 Å². The van der Waals surface area contributed by atoms with Crippen molar-refractivity contribution in [3.8, 4) is 0 Å². The number of rotatable bonds is 9. The summed E-state index contributed by atoms with van der Waals surface area (Å²) in [6.45, 7) is 0. The molecule has 0 amide bonds. The Hall–Kier alpha value is -4.67. The van der Waals surface area contributed by atoms with Crippen LogP contribution >= 0.6 is 15.8 Å². The van der Waals surface area contributed by atoms with Gasteiger partial charge in [-0.15, -0.1) is 0 Å². The van der Waals surface area contributed by atoms with Crippen LogP contribution in [0.5, 0.6) is 0 Å². The molecule has 7 aromatic rings. The lowest BCUT2D eigenvalue weighted by Crippen LogP contribution is -2.29. The van der Waals surface area contributed by atoms with Gasteiger partial charge in [-0.3, -0.25) is 4.98 Å². The summed E-state index contributed by atoms with van der Waals surface area (Å²) in [6, 6.07) is 68.4. The Bertz CT molecular complexity index is 1740. The molecular weight excluding hydrogens is 580 g/mol. The Labute approximate surface area is 268 Å². The van der Waals surface area contributed by atoms with Gasteiger partial charge in [0.25, 0.3) is 0 Å². The summed E-state index contributed by atoms with van der Waals surface area (Å²) in [5.41, 5.74) is 3.67. The third kappa shape index (κ3) is 6.29. The third-order valence-corrected chi connectivity index (χ3v) is 13.1. The van der Waals surface area contributed by atoms with E-state index in [1.165, 1.54) is 43.0 Å². The number of benzene rings is 6. The Balaban J connectivity index is 1.49. The average Bonchev–Trinajstić information content (AvgIpc) is 3.12. The largest absolute Gasteiger partial charge is 0.260 e. The molecule has 0 spiro atoms. The van der Waals surface area contributed by atoms with Crippen molar-refractivity contribution in [3.05, 3.63) is 211 Å². The minimum absolute atomic E-state index is 0.0477. The molecule has 0 saturated heterocycles. The quantitative estimate of drug-likeness (QED) is 0.152. The molecular formula is C42H33NP2. The molecule has 1 aromatic heterocycles. The molecule has 216 valence electrons. The van der Waals surface area contributed by atoms with E-state index in [1.54, 1.807) is 0 Å². The van der Waals surface area contributed by atoms with Gasteiger partial charge in [-0.1, -0.05) is 176 Å². The van der Waals surface area contributed by atoms with Gasteiger partial charge < -0.3 is 0 Å². The zero-order chi connectivity index (χ0) is 30.3. The average molecular weight is 614 g/mol. The highest BCUT2D eigenvalue weighted by molar-refractivity contribution is 7.80. The zero-order valence-electron chi connectivity index (χ0n) is 24.9. The van der Waals surface area contributed by atoms with Crippen molar-refractivity contribution < 1.29 is 0 Å². The number of aromatic nitrogens is 1. The van der Waals surface area contributed by atoms with Crippen molar-refractivity contribution in [2.75, 3.05) is 0 Å². The van der Waals surface area contributed by atoms with Crippen LogP contribution in [0.1, 0.15) is 22.7 Å². The molecule has 0 N–H and O–H groups in total. The van der Waals surface area contributed by atoms with Crippen molar-refractivity contribution in [2.24, 2.45) is 0 Å². The van der Waals surface area contributed by atoms with Gasteiger partial charge in [0.05, 0.1) is 11.6 Å². The van der Waals surface area contributed by atoms with Gasteiger partial charge in [0, 0.05) is 6.20 Å². The van der Waals surface area contributed by atoms with Crippen molar-refractivity contribution in [2.45, 2.75) is 5.92 Å². The maximum absolute atomic E-state index is 5.04. The van der Waals surface area contributed by atoms with Gasteiger partial charge >= 0.3 is 0 Å². The number of pyridine rings is 1. The molecule has 0 fully saturated rings. The van der Waals surface area contributed by atoms with Gasteiger partial charge in [0.1, 0.15) is 0 Å². The van der Waals surface area contributed by atoms with Gasteiger partial charge in [0.15, 0.2) is 0 Å². The molecule has 45 heavy (non-hydrogen) atoms. The van der Waals surface area contributed by atoms with Crippen LogP contribution in [0, 0.1) is 0 Å². The molecule has 7 rings (SSSR count). The minimum Gasteiger partial charge on any atom is -0.260 e. The fourth-order valence-electron chi connectivity index (χ4n) is 6.07. The summed E-state index contributed by atoms with van der Waals surface area (Å²) >= 11 is 0. The zero-order valence-corrected chi connectivity index (χ0v) is 26.7. The number of hydrogen-bond donors (Lipinski definition) is 0. The summed E-state index contributed by atoms with van der Waals surface area (Å²) in [5.74, 6) is -0.0477. The van der Waals surface area contributed by atoms with Gasteiger partial charge in [0.2, 0.25) is 0 Å². The van der Waals surface area contributed by atoms with E-state index < -0.39 is 15.8 Å². The first-order valence-corrected chi connectivity index (χ1v) is 18.0. The maximum atomic E-state index is 5.04. The molecule has 1 heterocycles. The molecule has 0 atom stereocenters. The highest BCUT2D eigenvalue weighted by atomic mass is 31.1. The summed E-state index contributed by atoms with van der Waals surface area (Å²) in [5, 5.41) is 8.09. The van der Waals surface area contributed by atoms with Crippen LogP contribution in [-0.4, -0.2) is 4.98 Å². The first-order valence-electron chi connectivity index (χ1n) is 15.3. The second-order valence-electron chi connectivity index (χ2n) is 10.8. The first kappa shape index (κ1) is 29.1. The van der Waals surface area contributed by atoms with Crippen LogP contribution in [0.4, 0.5) is 0 Å². The lowest BCUT2D eigenvalue weighted by atomic mass is 9.88. The van der Waals surface area contributed by atoms with Crippen LogP contribution in [0.25, 0.3) is 0 Å². The fourth-order valence-corrected chi connectivity index (χ4v) is 11.1. The monoisotopic (exact) mass is 613 g/mol. The molecule has 0 aliphatic heterocycles. The van der Waals surface area contributed by atoms with E-state index in [1.807, 2.05) is 12.3 Å². The Morgan fingerprint density at radius 3 is 1.02 bits per heavy atom. The van der Waals surface area contributed by atoms with Crippen molar-refractivity contribution in [3.63, 3.8) is 0 Å². The van der Waals surface area contributed by atoms with Crippen LogP contribution < -0.4 is 31.8 Å². The van der Waals surface area contributed by atoms with Crippen LogP contribution in [0.15, 0.2) is 194 Å². The van der Waals surface area contributed by atoms with Gasteiger partial charge in [-0.2, -0.15) is 0 Å². The predicted octanol–water partition coefficient (Wildman–Crippen LogP) is 7.78. The van der Waals surface area contributed by atoms with Gasteiger partial charge in [-0.25, -0.2) is 0 Å². The summed E-state index contributed by atoms with van der Waals surface area (Å²) in [4.78, 5) is 5.04. The molecule has 0 aliphatic rings. The Morgan fingerprint density at radius 2 is 0.667 bits per heavy atom. The molecule has 0 unspecified atom stereocenters. The molecule has 0 bridgehead atoms. The summed E-state index contributed by atoms with van der Waals surface area (Å²) in [6.07, 6.45) is 1.93. The second-order valence-corrected chi connectivity index (χ2v) is 15.2. The molecule has 6 aromatic carbocycles. The third-order valence-electron chi connectivity index (χ3n) is 8.02. The lowest BCUT2D eigenvalue weighted by Gasteiger charge is -2.30. The van der Waals surface area contributed by atoms with Crippen LogP contribution in [-0.2, 0) is 0 Å². The SMILES string of the molecule is c1ccc(P(c2ccccc2)c2ccccc2C(c2ccccn2)c2ccccc2P(c2ccccc2)c2ccccc2)cc1. The smallest absolute Gasteiger partial charge is 0.0526 e. The van der Waals surface area contributed by atoms with E-state index in [9.17, 15) is 0 Å². The van der Waals surface area contributed by atoms with E-state index in [4.69, 9.17) is 4.98 Å². The lowest BCUT2D eigenvalue weighted by molar-refractivity contribution is 0.931. The van der Waals surface area contributed by atoms with E-state index in [-0.39, 0.29) is 5.92 Å². The van der Waals surface area contributed by atoms with E-state index >= 15 is 0 Å². The van der Waals surface area contributed by atoms with Crippen molar-refractivity contribution in [1.29, 1.82) is 0 Å². The molecule has 0 saturated carbocycles. The normalized spacial score (nSPS) is 11.3. The summed E-state index contributed by atoms with van der Waals surface area (Å²) < 4.78 is 0. The number of nitrogens with zero attached hydrogens (tertiary/aromatic N) is 1. The van der Waals surface area contributed by atoms with Gasteiger partial charge in [-0.05, 0) is 70.9 Å². The Kier molecular flexibility index (Phi) is 9.02. The van der Waals surface area contributed by atoms with E-state index in [0.717, 1.165) is 5.69 Å². The summed E-state index contributed by atoms with van der Waals surface area (Å²) in [7, 11) is -1.63. The van der Waals surface area contributed by atoms with Crippen molar-refractivity contribution >= 4 is 47.7 Å². The Morgan fingerprint density at radius 1 is 0.333 bits per heavy atom. The van der Waals surface area contributed by atoms with E-state index in [2.05, 4.69) is 182 Å². The molecule has 0 radical (unpaired) electrons. The first-order chi connectivity index (χ1) is 22.4. The van der Waals surface area contributed by atoms with Crippen LogP contribution in [0.2, 0.25) is 0 Å². The predicted molar refractivity (Wildman–Crippen MR) is 195 cm³/mol. The second kappa shape index (κ2) is 14.0. The topological polar surface area (TPSA) is 12.9 Å². The molecule has 1 nitrogen and oxygen atoms in total. The maximum Gasteiger partial charge on any atom is 0.0526 e. The highest BCUT2D eigenvalue weighted by Crippen LogP contribution is 2.42. The standard InChI is InChI=1S/C42H33NP2/c1-5-19-33(20-6-1)44(34-21-7-2-8-22-34)40-30-15-13-27-37(40)42(39-29-17-18-32-43-39)38-28-14-16-31-41(38)45(35-23-9-3-10-24-35)36-25-11-4-12-26-36/h1-32,42H. The number of hydrogen-bond acceptors (Lipinski definition) is 1. The molecule has 0 aliphatic carbocycles. The highest BCUT2D eigenvalue weighted by Gasteiger charge is 2.30. The van der Waals surface area contributed by atoms with E-state index in [0.29, 0.717) is 0 Å². The fraction of sp³-hybridized carbons (Fsp3) is 0.0238. The minimum atomic E-state index is -0.815.